The molecule has 110 valence electrons. The van der Waals surface area contributed by atoms with Crippen molar-refractivity contribution in [1.29, 1.82) is 0 Å². The van der Waals surface area contributed by atoms with Crippen LogP contribution in [0.4, 0.5) is 0 Å². The summed E-state index contributed by atoms with van der Waals surface area (Å²) >= 11 is 1.52. The van der Waals surface area contributed by atoms with Crippen LogP contribution >= 0.6 is 11.3 Å². The van der Waals surface area contributed by atoms with E-state index in [0.29, 0.717) is 18.5 Å². The van der Waals surface area contributed by atoms with Gasteiger partial charge in [-0.1, -0.05) is 27.2 Å². The number of rotatable bonds is 7. The average Bonchev–Trinajstić information content (AvgIpc) is 2.72. The van der Waals surface area contributed by atoms with Gasteiger partial charge in [0.15, 0.2) is 9.84 Å². The minimum atomic E-state index is -3.08. The molecule has 0 saturated carbocycles. The smallest absolute Gasteiger partial charge is 0.156 e. The average molecular weight is 305 g/mol. The van der Waals surface area contributed by atoms with E-state index in [2.05, 4.69) is 25.8 Å². The van der Waals surface area contributed by atoms with Crippen LogP contribution in [-0.2, 0) is 21.0 Å². The van der Waals surface area contributed by atoms with E-state index in [4.69, 9.17) is 5.11 Å². The first kappa shape index (κ1) is 16.6. The van der Waals surface area contributed by atoms with Crippen LogP contribution in [0.25, 0.3) is 0 Å². The van der Waals surface area contributed by atoms with Gasteiger partial charge >= 0.3 is 0 Å². The van der Waals surface area contributed by atoms with Gasteiger partial charge in [0.1, 0.15) is 0 Å². The molecule has 0 aromatic carbocycles. The van der Waals surface area contributed by atoms with Crippen molar-refractivity contribution in [3.05, 3.63) is 16.1 Å². The van der Waals surface area contributed by atoms with Gasteiger partial charge in [-0.05, 0) is 12.8 Å². The maximum atomic E-state index is 11.9. The van der Waals surface area contributed by atoms with Gasteiger partial charge in [0.2, 0.25) is 0 Å². The van der Waals surface area contributed by atoms with E-state index in [1.165, 1.54) is 11.3 Å². The first-order chi connectivity index (χ1) is 8.74. The maximum absolute atomic E-state index is 11.9. The number of aliphatic hydroxyl groups is 1. The van der Waals surface area contributed by atoms with Crippen molar-refractivity contribution in [3.63, 3.8) is 0 Å². The number of unbranched alkanes of at least 4 members (excludes halogenated alkanes) is 2. The number of hydrogen-bond donors (Lipinski definition) is 1. The predicted octanol–water partition coefficient (Wildman–Crippen LogP) is 2.52. The summed E-state index contributed by atoms with van der Waals surface area (Å²) in [7, 11) is -3.08. The Morgan fingerprint density at radius 2 is 1.95 bits per heavy atom. The SMILES string of the molecule is CC(C)(C)c1nc(CS(=O)(=O)CCCCCO)cs1. The van der Waals surface area contributed by atoms with Crippen LogP contribution in [0.5, 0.6) is 0 Å². The number of thiazole rings is 1. The standard InChI is InChI=1S/C13H23NO3S2/c1-13(2,3)12-14-11(9-18-12)10-19(16,17)8-6-4-5-7-15/h9,15H,4-8,10H2,1-3H3. The lowest BCUT2D eigenvalue weighted by molar-refractivity contribution is 0.284. The first-order valence-electron chi connectivity index (χ1n) is 6.51. The highest BCUT2D eigenvalue weighted by molar-refractivity contribution is 7.90. The molecule has 0 fully saturated rings. The van der Waals surface area contributed by atoms with E-state index in [1.54, 1.807) is 0 Å². The monoisotopic (exact) mass is 305 g/mol. The molecule has 0 aliphatic rings. The third-order valence-electron chi connectivity index (χ3n) is 2.67. The number of nitrogens with zero attached hydrogens (tertiary/aromatic N) is 1. The Labute approximate surface area is 119 Å². The van der Waals surface area contributed by atoms with Gasteiger partial charge in [0, 0.05) is 17.4 Å². The van der Waals surface area contributed by atoms with E-state index in [0.717, 1.165) is 11.4 Å². The van der Waals surface area contributed by atoms with Crippen molar-refractivity contribution in [1.82, 2.24) is 4.98 Å². The fraction of sp³-hybridized carbons (Fsp3) is 0.769. The Morgan fingerprint density at radius 3 is 2.47 bits per heavy atom. The zero-order chi connectivity index (χ0) is 14.5. The van der Waals surface area contributed by atoms with Crippen molar-refractivity contribution in [3.8, 4) is 0 Å². The second kappa shape index (κ2) is 6.81. The molecule has 6 heteroatoms. The third-order valence-corrected chi connectivity index (χ3v) is 5.64. The van der Waals surface area contributed by atoms with Crippen LogP contribution in [0.1, 0.15) is 50.7 Å². The van der Waals surface area contributed by atoms with Gasteiger partial charge in [-0.25, -0.2) is 13.4 Å². The van der Waals surface area contributed by atoms with E-state index in [-0.39, 0.29) is 23.5 Å². The largest absolute Gasteiger partial charge is 0.396 e. The minimum Gasteiger partial charge on any atom is -0.396 e. The number of sulfone groups is 1. The van der Waals surface area contributed by atoms with Crippen LogP contribution in [-0.4, -0.2) is 30.9 Å². The Kier molecular flexibility index (Phi) is 5.95. The van der Waals surface area contributed by atoms with Gasteiger partial charge < -0.3 is 5.11 Å². The lowest BCUT2D eigenvalue weighted by Crippen LogP contribution is -2.12. The highest BCUT2D eigenvalue weighted by Crippen LogP contribution is 2.26. The summed E-state index contributed by atoms with van der Waals surface area (Å²) < 4.78 is 23.8. The fourth-order valence-electron chi connectivity index (χ4n) is 1.63. The molecule has 0 atom stereocenters. The summed E-state index contributed by atoms with van der Waals surface area (Å²) in [6, 6.07) is 0. The van der Waals surface area contributed by atoms with Crippen molar-refractivity contribution < 1.29 is 13.5 Å². The second-order valence-electron chi connectivity index (χ2n) is 5.77. The van der Waals surface area contributed by atoms with E-state index in [9.17, 15) is 8.42 Å². The molecular formula is C13H23NO3S2. The molecule has 0 saturated heterocycles. The molecule has 1 heterocycles. The Hall–Kier alpha value is -0.460. The summed E-state index contributed by atoms with van der Waals surface area (Å²) in [4.78, 5) is 4.41. The molecule has 19 heavy (non-hydrogen) atoms. The summed E-state index contributed by atoms with van der Waals surface area (Å²) in [5, 5.41) is 11.5. The molecule has 0 radical (unpaired) electrons. The van der Waals surface area contributed by atoms with E-state index >= 15 is 0 Å². The van der Waals surface area contributed by atoms with Crippen LogP contribution in [0.15, 0.2) is 5.38 Å². The second-order valence-corrected chi connectivity index (χ2v) is 8.81. The first-order valence-corrected chi connectivity index (χ1v) is 9.21. The van der Waals surface area contributed by atoms with Crippen LogP contribution in [0.2, 0.25) is 0 Å². The van der Waals surface area contributed by atoms with Crippen molar-refractivity contribution >= 4 is 21.2 Å². The number of aromatic nitrogens is 1. The predicted molar refractivity (Wildman–Crippen MR) is 79.2 cm³/mol. The zero-order valence-electron chi connectivity index (χ0n) is 11.8. The summed E-state index contributed by atoms with van der Waals surface area (Å²) in [6.45, 7) is 6.33. The normalized spacial score (nSPS) is 12.8. The summed E-state index contributed by atoms with van der Waals surface area (Å²) in [5.74, 6) is 0.202. The van der Waals surface area contributed by atoms with E-state index in [1.807, 2.05) is 5.38 Å². The lowest BCUT2D eigenvalue weighted by atomic mass is 9.98. The van der Waals surface area contributed by atoms with Crippen molar-refractivity contribution in [2.75, 3.05) is 12.4 Å². The third kappa shape index (κ3) is 6.01. The van der Waals surface area contributed by atoms with Gasteiger partial charge in [0.25, 0.3) is 0 Å². The molecule has 0 unspecified atom stereocenters. The molecular weight excluding hydrogens is 282 g/mol. The minimum absolute atomic E-state index is 0.0265. The van der Waals surface area contributed by atoms with E-state index < -0.39 is 9.84 Å². The molecule has 1 N–H and O–H groups in total. The highest BCUT2D eigenvalue weighted by atomic mass is 32.2. The van der Waals surface area contributed by atoms with Crippen LogP contribution in [0.3, 0.4) is 0 Å². The van der Waals surface area contributed by atoms with Crippen molar-refractivity contribution in [2.45, 2.75) is 51.2 Å². The Balaban J connectivity index is 2.56. The van der Waals surface area contributed by atoms with Gasteiger partial charge in [0.05, 0.1) is 22.2 Å². The molecule has 0 bridgehead atoms. The molecule has 4 nitrogen and oxygen atoms in total. The van der Waals surface area contributed by atoms with Crippen LogP contribution < -0.4 is 0 Å². The Bertz CT molecular complexity index is 486. The molecule has 0 amide bonds. The number of aliphatic hydroxyl groups excluding tert-OH is 1. The Morgan fingerprint density at radius 1 is 1.26 bits per heavy atom. The summed E-state index contributed by atoms with van der Waals surface area (Å²) in [5.41, 5.74) is 0.616. The van der Waals surface area contributed by atoms with Crippen molar-refractivity contribution in [2.24, 2.45) is 0 Å². The molecule has 1 aromatic heterocycles. The maximum Gasteiger partial charge on any atom is 0.156 e. The quantitative estimate of drug-likeness (QED) is 0.786. The highest BCUT2D eigenvalue weighted by Gasteiger charge is 2.20. The molecule has 1 aromatic rings. The van der Waals surface area contributed by atoms with Crippen LogP contribution in [0, 0.1) is 0 Å². The topological polar surface area (TPSA) is 67.3 Å². The van der Waals surface area contributed by atoms with Gasteiger partial charge in [-0.3, -0.25) is 0 Å². The molecule has 0 spiro atoms. The summed E-state index contributed by atoms with van der Waals surface area (Å²) in [6.07, 6.45) is 2.03. The zero-order valence-corrected chi connectivity index (χ0v) is 13.5. The molecule has 0 aliphatic carbocycles. The van der Waals surface area contributed by atoms with Gasteiger partial charge in [-0.2, -0.15) is 0 Å². The molecule has 0 aliphatic heterocycles. The fourth-order valence-corrected chi connectivity index (χ4v) is 4.03. The molecule has 1 rings (SSSR count). The number of hydrogen-bond acceptors (Lipinski definition) is 5. The lowest BCUT2D eigenvalue weighted by Gasteiger charge is -2.13. The van der Waals surface area contributed by atoms with Gasteiger partial charge in [-0.15, -0.1) is 11.3 Å².